The number of benzene rings is 1. The molecule has 0 saturated heterocycles. The Morgan fingerprint density at radius 3 is 2.68 bits per heavy atom. The molecule has 0 spiro atoms. The second-order valence-corrected chi connectivity index (χ2v) is 5.66. The number of carboxylic acid groups (broad SMARTS) is 1. The highest BCUT2D eigenvalue weighted by atomic mass is 32.1. The fraction of sp³-hybridized carbons (Fsp3) is 0.143. The number of aromatic hydroxyl groups is 1. The normalized spacial score (nSPS) is 11.0. The zero-order valence-electron chi connectivity index (χ0n) is 11.5. The lowest BCUT2D eigenvalue weighted by Crippen LogP contribution is -2.05. The van der Waals surface area contributed by atoms with Gasteiger partial charge in [0.15, 0.2) is 5.78 Å². The molecule has 2 heterocycles. The summed E-state index contributed by atoms with van der Waals surface area (Å²) in [6.45, 7) is 1.25. The fourth-order valence-electron chi connectivity index (χ4n) is 2.16. The Balaban J connectivity index is 2.18. The van der Waals surface area contributed by atoms with E-state index in [1.54, 1.807) is 0 Å². The van der Waals surface area contributed by atoms with Crippen LogP contribution in [0, 0.1) is 0 Å². The van der Waals surface area contributed by atoms with Crippen molar-refractivity contribution >= 4 is 33.3 Å². The summed E-state index contributed by atoms with van der Waals surface area (Å²) < 4.78 is 2.01. The molecule has 0 saturated carbocycles. The molecule has 0 aliphatic heterocycles. The van der Waals surface area contributed by atoms with Gasteiger partial charge in [0, 0.05) is 0 Å². The number of carbonyl (C=O) groups excluding carboxylic acids is 1. The average Bonchev–Trinajstić information content (AvgIpc) is 2.98. The van der Waals surface area contributed by atoms with Crippen LogP contribution >= 0.6 is 11.3 Å². The van der Waals surface area contributed by atoms with Crippen LogP contribution in [-0.2, 0) is 11.2 Å². The highest BCUT2D eigenvalue weighted by Gasteiger charge is 2.24. The fourth-order valence-corrected chi connectivity index (χ4v) is 3.08. The third-order valence-corrected chi connectivity index (χ3v) is 4.08. The molecular weight excluding hydrogens is 306 g/mol. The molecule has 7 nitrogen and oxygen atoms in total. The van der Waals surface area contributed by atoms with Crippen LogP contribution in [0.3, 0.4) is 0 Å². The Labute approximate surface area is 128 Å². The molecule has 2 N–H and O–H groups in total. The summed E-state index contributed by atoms with van der Waals surface area (Å²) in [6, 6.07) is 7.40. The molecule has 112 valence electrons. The third-order valence-electron chi connectivity index (χ3n) is 3.07. The van der Waals surface area contributed by atoms with Gasteiger partial charge >= 0.3 is 5.97 Å². The molecule has 22 heavy (non-hydrogen) atoms. The second-order valence-electron chi connectivity index (χ2n) is 4.65. The van der Waals surface area contributed by atoms with Crippen molar-refractivity contribution in [1.29, 1.82) is 0 Å². The van der Waals surface area contributed by atoms with E-state index in [0.717, 1.165) is 14.9 Å². The number of carboxylic acids is 1. The number of nitrogens with zero attached hydrogens (tertiary/aromatic N) is 3. The maximum atomic E-state index is 11.7. The van der Waals surface area contributed by atoms with Gasteiger partial charge in [0.25, 0.3) is 0 Å². The molecule has 0 bridgehead atoms. The summed E-state index contributed by atoms with van der Waals surface area (Å²) >= 11 is 1.29. The number of thiazole rings is 1. The first kappa shape index (κ1) is 14.2. The van der Waals surface area contributed by atoms with Crippen LogP contribution in [0.4, 0.5) is 0 Å². The van der Waals surface area contributed by atoms with Crippen LogP contribution in [0.1, 0.15) is 23.0 Å². The van der Waals surface area contributed by atoms with E-state index in [2.05, 4.69) is 10.1 Å². The number of rotatable bonds is 4. The van der Waals surface area contributed by atoms with Gasteiger partial charge in [0.2, 0.25) is 11.0 Å². The van der Waals surface area contributed by atoms with Crippen LogP contribution in [0.2, 0.25) is 0 Å². The van der Waals surface area contributed by atoms with Gasteiger partial charge < -0.3 is 10.2 Å². The summed E-state index contributed by atoms with van der Waals surface area (Å²) in [4.78, 5) is 26.9. The Bertz CT molecular complexity index is 864. The molecule has 2 aromatic heterocycles. The summed E-state index contributed by atoms with van der Waals surface area (Å²) in [5.41, 5.74) is 0.681. The van der Waals surface area contributed by atoms with Crippen molar-refractivity contribution in [2.45, 2.75) is 13.3 Å². The van der Waals surface area contributed by atoms with Gasteiger partial charge in [-0.3, -0.25) is 9.59 Å². The Morgan fingerprint density at radius 2 is 2.05 bits per heavy atom. The number of aliphatic carboxylic acids is 1. The molecule has 0 atom stereocenters. The van der Waals surface area contributed by atoms with Crippen molar-refractivity contribution in [2.75, 3.05) is 0 Å². The van der Waals surface area contributed by atoms with Crippen LogP contribution in [0.25, 0.3) is 15.3 Å². The Morgan fingerprint density at radius 1 is 1.32 bits per heavy atom. The highest BCUT2D eigenvalue weighted by molar-refractivity contribution is 7.20. The van der Waals surface area contributed by atoms with Crippen molar-refractivity contribution < 1.29 is 19.8 Å². The molecule has 0 radical (unpaired) electrons. The van der Waals surface area contributed by atoms with Gasteiger partial charge in [-0.25, -0.2) is 4.98 Å². The van der Waals surface area contributed by atoms with Gasteiger partial charge in [-0.15, -0.1) is 0 Å². The lowest BCUT2D eigenvalue weighted by molar-refractivity contribution is -0.136. The number of aromatic nitrogens is 3. The average molecular weight is 317 g/mol. The number of carbonyl (C=O) groups is 2. The summed E-state index contributed by atoms with van der Waals surface area (Å²) in [6.07, 6.45) is -0.444. The summed E-state index contributed by atoms with van der Waals surface area (Å²) in [5.74, 6) is -1.96. The number of hydrogen-bond donors (Lipinski definition) is 2. The number of ketones is 1. The van der Waals surface area contributed by atoms with Crippen molar-refractivity contribution in [3.63, 3.8) is 0 Å². The Kier molecular flexibility index (Phi) is 3.38. The third kappa shape index (κ3) is 2.33. The van der Waals surface area contributed by atoms with Gasteiger partial charge in [0.05, 0.1) is 22.3 Å². The lowest BCUT2D eigenvalue weighted by Gasteiger charge is -1.97. The maximum absolute atomic E-state index is 11.7. The minimum absolute atomic E-state index is 0.0248. The number of para-hydroxylation sites is 1. The van der Waals surface area contributed by atoms with E-state index in [0.29, 0.717) is 5.13 Å². The lowest BCUT2D eigenvalue weighted by atomic mass is 10.1. The maximum Gasteiger partial charge on any atom is 0.309 e. The molecule has 0 unspecified atom stereocenters. The van der Waals surface area contributed by atoms with Crippen LogP contribution < -0.4 is 0 Å². The first-order valence-corrected chi connectivity index (χ1v) is 7.18. The number of fused-ring (bicyclic) bond motifs is 1. The SMILES string of the molecule is CC(=O)c1c(CC(=O)O)nn(-c2nc3ccccc3s2)c1O. The van der Waals surface area contributed by atoms with Crippen LogP contribution in [-0.4, -0.2) is 36.7 Å². The molecule has 0 amide bonds. The van der Waals surface area contributed by atoms with E-state index < -0.39 is 18.2 Å². The molecule has 0 aliphatic rings. The van der Waals surface area contributed by atoms with E-state index >= 15 is 0 Å². The summed E-state index contributed by atoms with van der Waals surface area (Å²) in [7, 11) is 0. The first-order chi connectivity index (χ1) is 10.5. The highest BCUT2D eigenvalue weighted by Crippen LogP contribution is 2.30. The molecule has 0 fully saturated rings. The van der Waals surface area contributed by atoms with Crippen LogP contribution in [0.15, 0.2) is 24.3 Å². The zero-order valence-corrected chi connectivity index (χ0v) is 12.3. The van der Waals surface area contributed by atoms with Gasteiger partial charge in [-0.2, -0.15) is 9.78 Å². The van der Waals surface area contributed by atoms with Crippen molar-refractivity contribution in [3.8, 4) is 11.0 Å². The predicted octanol–water partition coefficient (Wildman–Crippen LogP) is 2.02. The minimum Gasteiger partial charge on any atom is -0.493 e. The minimum atomic E-state index is -1.13. The van der Waals surface area contributed by atoms with E-state index in [9.17, 15) is 14.7 Å². The molecule has 3 aromatic rings. The molecule has 8 heteroatoms. The largest absolute Gasteiger partial charge is 0.493 e. The van der Waals surface area contributed by atoms with Crippen molar-refractivity contribution in [2.24, 2.45) is 0 Å². The second kappa shape index (κ2) is 5.23. The van der Waals surface area contributed by atoms with E-state index in [1.807, 2.05) is 24.3 Å². The molecular formula is C14H11N3O4S. The first-order valence-electron chi connectivity index (χ1n) is 6.37. The smallest absolute Gasteiger partial charge is 0.309 e. The predicted molar refractivity (Wildman–Crippen MR) is 79.8 cm³/mol. The van der Waals surface area contributed by atoms with Gasteiger partial charge in [0.1, 0.15) is 5.56 Å². The van der Waals surface area contributed by atoms with Crippen LogP contribution in [0.5, 0.6) is 5.88 Å². The van der Waals surface area contributed by atoms with E-state index in [4.69, 9.17) is 5.11 Å². The quantitative estimate of drug-likeness (QED) is 0.713. The van der Waals surface area contributed by atoms with E-state index in [-0.39, 0.29) is 17.1 Å². The number of Topliss-reactive ketones (excluding diaryl/α,β-unsaturated/α-hetero) is 1. The zero-order chi connectivity index (χ0) is 15.9. The Hall–Kier alpha value is -2.74. The van der Waals surface area contributed by atoms with Gasteiger partial charge in [-0.1, -0.05) is 23.5 Å². The molecule has 1 aromatic carbocycles. The summed E-state index contributed by atoms with van der Waals surface area (Å²) in [5, 5.41) is 23.6. The van der Waals surface area contributed by atoms with Crippen molar-refractivity contribution in [3.05, 3.63) is 35.5 Å². The van der Waals surface area contributed by atoms with Gasteiger partial charge in [-0.05, 0) is 19.1 Å². The van der Waals surface area contributed by atoms with E-state index in [1.165, 1.54) is 18.3 Å². The topological polar surface area (TPSA) is 105 Å². The molecule has 3 rings (SSSR count). The number of hydrogen-bond acceptors (Lipinski definition) is 6. The standard InChI is InChI=1S/C14H11N3O4S/c1-7(18)12-9(6-11(19)20)16-17(13(12)21)14-15-8-4-2-3-5-10(8)22-14/h2-5,21H,6H2,1H3,(H,19,20). The van der Waals surface area contributed by atoms with Crippen molar-refractivity contribution in [1.82, 2.24) is 14.8 Å². The monoisotopic (exact) mass is 317 g/mol. The molecule has 0 aliphatic carbocycles.